The lowest BCUT2D eigenvalue weighted by Crippen LogP contribution is -2.26. The quantitative estimate of drug-likeness (QED) is 0.785. The number of hydrogen-bond acceptors (Lipinski definition) is 7. The normalized spacial score (nSPS) is 24.9. The van der Waals surface area contributed by atoms with Gasteiger partial charge in [0.05, 0.1) is 28.2 Å². The van der Waals surface area contributed by atoms with Crippen molar-refractivity contribution in [1.29, 1.82) is 0 Å². The van der Waals surface area contributed by atoms with E-state index in [1.165, 1.54) is 16.6 Å². The maximum Gasteiger partial charge on any atom is 0.263 e. The molecule has 6 nitrogen and oxygen atoms in total. The molecular formula is C16H20N2O4S3. The van der Waals surface area contributed by atoms with E-state index in [0.29, 0.717) is 11.7 Å². The topological polar surface area (TPSA) is 89.3 Å². The Morgan fingerprint density at radius 1 is 1.36 bits per heavy atom. The Kier molecular flexibility index (Phi) is 4.46. The van der Waals surface area contributed by atoms with Crippen molar-refractivity contribution in [2.24, 2.45) is 0 Å². The maximum atomic E-state index is 13.1. The molecule has 3 heterocycles. The van der Waals surface area contributed by atoms with Crippen molar-refractivity contribution in [2.75, 3.05) is 11.5 Å². The number of fused-ring (bicyclic) bond motifs is 3. The minimum Gasteiger partial charge on any atom is -0.391 e. The third-order valence-corrected chi connectivity index (χ3v) is 9.19. The van der Waals surface area contributed by atoms with E-state index in [0.717, 1.165) is 41.5 Å². The molecule has 2 aromatic rings. The molecule has 9 heteroatoms. The van der Waals surface area contributed by atoms with Gasteiger partial charge in [-0.1, -0.05) is 18.7 Å². The molecule has 1 N–H and O–H groups in total. The first-order valence-electron chi connectivity index (χ1n) is 8.50. The largest absolute Gasteiger partial charge is 0.391 e. The number of hydrogen-bond donors (Lipinski definition) is 1. The zero-order valence-corrected chi connectivity index (χ0v) is 16.3. The highest BCUT2D eigenvalue weighted by Crippen LogP contribution is 2.37. The summed E-state index contributed by atoms with van der Waals surface area (Å²) in [7, 11) is -3.22. The molecule has 1 saturated heterocycles. The smallest absolute Gasteiger partial charge is 0.263 e. The van der Waals surface area contributed by atoms with Crippen LogP contribution in [-0.2, 0) is 29.2 Å². The van der Waals surface area contributed by atoms with Gasteiger partial charge in [0.2, 0.25) is 0 Å². The maximum absolute atomic E-state index is 13.1. The first-order valence-corrected chi connectivity index (χ1v) is 12.0. The lowest BCUT2D eigenvalue weighted by atomic mass is 10.2. The van der Waals surface area contributed by atoms with Crippen molar-refractivity contribution in [3.05, 3.63) is 20.8 Å². The van der Waals surface area contributed by atoms with Crippen LogP contribution in [-0.4, -0.2) is 45.9 Å². The Labute approximate surface area is 154 Å². The van der Waals surface area contributed by atoms with Gasteiger partial charge in [-0.25, -0.2) is 13.4 Å². The SMILES string of the molecule is CCCn1c(S[C@@H]2CS(=O)(=O)C[C@H]2O)nc2sc3c(c2c1=O)CCC3. The lowest BCUT2D eigenvalue weighted by molar-refractivity contribution is 0.207. The number of aliphatic hydroxyl groups is 1. The van der Waals surface area contributed by atoms with E-state index < -0.39 is 21.2 Å². The Hall–Kier alpha value is -0.900. The average molecular weight is 401 g/mol. The zero-order chi connectivity index (χ0) is 17.8. The number of sulfone groups is 1. The minimum atomic E-state index is -3.22. The van der Waals surface area contributed by atoms with E-state index in [2.05, 4.69) is 0 Å². The highest BCUT2D eigenvalue weighted by molar-refractivity contribution is 8.01. The van der Waals surface area contributed by atoms with Crippen molar-refractivity contribution in [2.45, 2.75) is 55.7 Å². The Morgan fingerprint density at radius 2 is 2.16 bits per heavy atom. The summed E-state index contributed by atoms with van der Waals surface area (Å²) in [6.45, 7) is 2.54. The number of thioether (sulfide) groups is 1. The van der Waals surface area contributed by atoms with E-state index in [9.17, 15) is 18.3 Å². The van der Waals surface area contributed by atoms with Crippen LogP contribution in [0.15, 0.2) is 9.95 Å². The Bertz CT molecular complexity index is 993. The molecule has 136 valence electrons. The fourth-order valence-electron chi connectivity index (χ4n) is 3.61. The predicted molar refractivity (Wildman–Crippen MR) is 101 cm³/mol. The molecule has 0 unspecified atom stereocenters. The molecule has 0 amide bonds. The highest BCUT2D eigenvalue weighted by atomic mass is 32.2. The van der Waals surface area contributed by atoms with Gasteiger partial charge < -0.3 is 5.11 Å². The van der Waals surface area contributed by atoms with Crippen LogP contribution in [0.25, 0.3) is 10.2 Å². The van der Waals surface area contributed by atoms with Crippen LogP contribution in [0.1, 0.15) is 30.2 Å². The van der Waals surface area contributed by atoms with Crippen LogP contribution in [0.5, 0.6) is 0 Å². The molecule has 2 aliphatic rings. The summed E-state index contributed by atoms with van der Waals surface area (Å²) in [5.74, 6) is -0.280. The van der Waals surface area contributed by atoms with Gasteiger partial charge in [0, 0.05) is 11.4 Å². The van der Waals surface area contributed by atoms with Gasteiger partial charge in [-0.15, -0.1) is 11.3 Å². The summed E-state index contributed by atoms with van der Waals surface area (Å²) < 4.78 is 25.2. The van der Waals surface area contributed by atoms with Crippen molar-refractivity contribution >= 4 is 43.2 Å². The molecule has 1 aliphatic carbocycles. The Morgan fingerprint density at radius 3 is 2.84 bits per heavy atom. The van der Waals surface area contributed by atoms with Gasteiger partial charge in [-0.2, -0.15) is 0 Å². The molecule has 0 spiro atoms. The first-order chi connectivity index (χ1) is 11.9. The van der Waals surface area contributed by atoms with Crippen LogP contribution in [0.2, 0.25) is 0 Å². The monoisotopic (exact) mass is 400 g/mol. The summed E-state index contributed by atoms with van der Waals surface area (Å²) >= 11 is 2.81. The second-order valence-corrected chi connectivity index (χ2v) is 11.1. The fourth-order valence-corrected chi connectivity index (χ4v) is 8.52. The summed E-state index contributed by atoms with van der Waals surface area (Å²) in [4.78, 5) is 19.8. The van der Waals surface area contributed by atoms with Crippen LogP contribution in [0.3, 0.4) is 0 Å². The summed E-state index contributed by atoms with van der Waals surface area (Å²) in [6, 6.07) is 0. The van der Waals surface area contributed by atoms with Crippen molar-refractivity contribution < 1.29 is 13.5 Å². The summed E-state index contributed by atoms with van der Waals surface area (Å²) in [5.41, 5.74) is 1.13. The molecule has 4 rings (SSSR count). The van der Waals surface area contributed by atoms with E-state index in [1.54, 1.807) is 15.9 Å². The summed E-state index contributed by atoms with van der Waals surface area (Å²) in [5, 5.41) is 10.9. The van der Waals surface area contributed by atoms with Gasteiger partial charge in [0.1, 0.15) is 4.83 Å². The van der Waals surface area contributed by atoms with Crippen molar-refractivity contribution in [1.82, 2.24) is 9.55 Å². The van der Waals surface area contributed by atoms with Gasteiger partial charge in [-0.3, -0.25) is 9.36 Å². The number of nitrogens with zero attached hydrogens (tertiary/aromatic N) is 2. The van der Waals surface area contributed by atoms with Gasteiger partial charge >= 0.3 is 0 Å². The number of aryl methyl sites for hydroxylation is 2. The number of rotatable bonds is 4. The van der Waals surface area contributed by atoms with E-state index in [-0.39, 0.29) is 17.1 Å². The van der Waals surface area contributed by atoms with Crippen LogP contribution >= 0.6 is 23.1 Å². The first kappa shape index (κ1) is 17.5. The predicted octanol–water partition coefficient (Wildman–Crippen LogP) is 1.61. The van der Waals surface area contributed by atoms with Gasteiger partial charge in [-0.05, 0) is 31.2 Å². The zero-order valence-electron chi connectivity index (χ0n) is 13.9. The van der Waals surface area contributed by atoms with Crippen molar-refractivity contribution in [3.8, 4) is 0 Å². The molecule has 0 radical (unpaired) electrons. The number of aromatic nitrogens is 2. The van der Waals surface area contributed by atoms with Crippen LogP contribution < -0.4 is 5.56 Å². The third kappa shape index (κ3) is 3.05. The molecule has 0 bridgehead atoms. The van der Waals surface area contributed by atoms with E-state index in [1.807, 2.05) is 6.92 Å². The van der Waals surface area contributed by atoms with Crippen LogP contribution in [0, 0.1) is 0 Å². The lowest BCUT2D eigenvalue weighted by Gasteiger charge is -2.16. The number of aliphatic hydroxyl groups excluding tert-OH is 1. The fraction of sp³-hybridized carbons (Fsp3) is 0.625. The second kappa shape index (κ2) is 6.37. The standard InChI is InChI=1S/C16H20N2O4S3/c1-2-6-18-15(20)13-9-4-3-5-11(9)23-14(13)17-16(18)24-12-8-25(21,22)7-10(12)19/h10,12,19H,2-8H2,1H3/t10-,12-/m1/s1. The van der Waals surface area contributed by atoms with Gasteiger partial charge in [0.25, 0.3) is 5.56 Å². The average Bonchev–Trinajstić information content (AvgIpc) is 3.16. The minimum absolute atomic E-state index is 0.0240. The molecule has 0 aromatic carbocycles. The van der Waals surface area contributed by atoms with Crippen molar-refractivity contribution in [3.63, 3.8) is 0 Å². The Balaban J connectivity index is 1.80. The summed E-state index contributed by atoms with van der Waals surface area (Å²) in [6.07, 6.45) is 2.91. The second-order valence-electron chi connectivity index (χ2n) is 6.69. The molecular weight excluding hydrogens is 380 g/mol. The highest BCUT2D eigenvalue weighted by Gasteiger charge is 2.38. The van der Waals surface area contributed by atoms with Gasteiger partial charge in [0.15, 0.2) is 15.0 Å². The van der Waals surface area contributed by atoms with E-state index in [4.69, 9.17) is 4.98 Å². The molecule has 0 saturated carbocycles. The molecule has 1 aliphatic heterocycles. The molecule has 25 heavy (non-hydrogen) atoms. The number of thiophene rings is 1. The molecule has 1 fully saturated rings. The van der Waals surface area contributed by atoms with Crippen LogP contribution in [0.4, 0.5) is 0 Å². The van der Waals surface area contributed by atoms with E-state index >= 15 is 0 Å². The molecule has 2 aromatic heterocycles. The molecule has 2 atom stereocenters. The third-order valence-electron chi connectivity index (χ3n) is 4.77.